The summed E-state index contributed by atoms with van der Waals surface area (Å²) < 4.78 is 11.4. The first-order chi connectivity index (χ1) is 12.2. The highest BCUT2D eigenvalue weighted by molar-refractivity contribution is 7.96. The van der Waals surface area contributed by atoms with Gasteiger partial charge in [-0.25, -0.2) is 0 Å². The number of esters is 1. The summed E-state index contributed by atoms with van der Waals surface area (Å²) in [6.45, 7) is 17.6. The lowest BCUT2D eigenvalue weighted by atomic mass is 9.77. The van der Waals surface area contributed by atoms with Gasteiger partial charge in [-0.05, 0) is 25.1 Å². The standard InChI is InChI=1S/C19H33NO5SSi/c1-9-10-24-14(21)11-20-16(12(2)18(23)26)15(17(20)22)13(3)25-27(7,8)19(4,5)6/h9,12-13,15-16H,1,10-11H2,2-8H3,(H,23,26)/t12-,13-,15-,16-/m1/s1. The summed E-state index contributed by atoms with van der Waals surface area (Å²) in [6.07, 6.45) is 1.12. The van der Waals surface area contributed by atoms with Crippen molar-refractivity contribution in [3.63, 3.8) is 0 Å². The number of ether oxygens (including phenoxy) is 1. The molecule has 1 heterocycles. The number of thiol groups is 1. The Labute approximate surface area is 169 Å². The van der Waals surface area contributed by atoms with E-state index in [9.17, 15) is 14.4 Å². The van der Waals surface area contributed by atoms with Crippen molar-refractivity contribution >= 4 is 37.9 Å². The van der Waals surface area contributed by atoms with Gasteiger partial charge in [0.2, 0.25) is 5.91 Å². The summed E-state index contributed by atoms with van der Waals surface area (Å²) in [6, 6.07) is -0.432. The van der Waals surface area contributed by atoms with Crippen molar-refractivity contribution in [2.75, 3.05) is 13.2 Å². The minimum atomic E-state index is -2.08. The summed E-state index contributed by atoms with van der Waals surface area (Å²) in [5, 5.41) is -0.315. The van der Waals surface area contributed by atoms with Crippen molar-refractivity contribution in [1.29, 1.82) is 0 Å². The molecule has 0 spiro atoms. The number of rotatable bonds is 9. The second-order valence-corrected chi connectivity index (χ2v) is 13.9. The molecule has 0 N–H and O–H groups in total. The summed E-state index contributed by atoms with van der Waals surface area (Å²) in [5.41, 5.74) is 0. The Hall–Kier alpha value is -1.12. The van der Waals surface area contributed by atoms with Crippen LogP contribution in [0.2, 0.25) is 18.1 Å². The molecule has 1 fully saturated rings. The molecule has 0 radical (unpaired) electrons. The average Bonchev–Trinajstić information content (AvgIpc) is 2.52. The number of likely N-dealkylation sites (tertiary alicyclic amines) is 1. The van der Waals surface area contributed by atoms with Crippen molar-refractivity contribution in [3.8, 4) is 0 Å². The predicted octanol–water partition coefficient (Wildman–Crippen LogP) is 3.05. The number of carbonyl (C=O) groups is 3. The van der Waals surface area contributed by atoms with Crippen LogP contribution in [0.5, 0.6) is 0 Å². The van der Waals surface area contributed by atoms with E-state index in [-0.39, 0.29) is 35.3 Å². The third-order valence-electron chi connectivity index (χ3n) is 5.65. The van der Waals surface area contributed by atoms with Crippen LogP contribution in [0, 0.1) is 11.8 Å². The molecule has 0 bridgehead atoms. The van der Waals surface area contributed by atoms with E-state index in [2.05, 4.69) is 53.1 Å². The zero-order chi connectivity index (χ0) is 21.2. The highest BCUT2D eigenvalue weighted by Gasteiger charge is 2.55. The summed E-state index contributed by atoms with van der Waals surface area (Å²) in [7, 11) is -2.08. The van der Waals surface area contributed by atoms with Crippen molar-refractivity contribution in [2.24, 2.45) is 11.8 Å². The fraction of sp³-hybridized carbons (Fsp3) is 0.737. The average molecular weight is 416 g/mol. The van der Waals surface area contributed by atoms with Crippen LogP contribution in [0.1, 0.15) is 34.6 Å². The van der Waals surface area contributed by atoms with Crippen LogP contribution >= 0.6 is 12.6 Å². The molecular formula is C19H33NO5SSi. The van der Waals surface area contributed by atoms with Crippen molar-refractivity contribution < 1.29 is 23.5 Å². The van der Waals surface area contributed by atoms with Crippen LogP contribution in [0.15, 0.2) is 12.7 Å². The SMILES string of the molecule is C=CCOC(=O)CN1C(=O)[C@H]([C@@H](C)O[Si](C)(C)C(C)(C)C)[C@H]1[C@@H](C)C(=O)S. The summed E-state index contributed by atoms with van der Waals surface area (Å²) in [4.78, 5) is 38.0. The minimum absolute atomic E-state index is 0.00269. The number of hydrogen-bond acceptors (Lipinski definition) is 5. The van der Waals surface area contributed by atoms with Crippen LogP contribution in [0.4, 0.5) is 0 Å². The van der Waals surface area contributed by atoms with E-state index in [1.54, 1.807) is 6.92 Å². The van der Waals surface area contributed by atoms with E-state index >= 15 is 0 Å². The van der Waals surface area contributed by atoms with E-state index in [4.69, 9.17) is 9.16 Å². The summed E-state index contributed by atoms with van der Waals surface area (Å²) in [5.74, 6) is -1.70. The van der Waals surface area contributed by atoms with Gasteiger partial charge in [0.05, 0.1) is 18.1 Å². The van der Waals surface area contributed by atoms with Gasteiger partial charge >= 0.3 is 5.97 Å². The fourth-order valence-corrected chi connectivity index (χ4v) is 4.62. The monoisotopic (exact) mass is 415 g/mol. The highest BCUT2D eigenvalue weighted by Crippen LogP contribution is 2.42. The Kier molecular flexibility index (Phi) is 7.90. The molecular weight excluding hydrogens is 382 g/mol. The Morgan fingerprint density at radius 1 is 1.33 bits per heavy atom. The molecule has 0 unspecified atom stereocenters. The fourth-order valence-electron chi connectivity index (χ4n) is 3.04. The molecule has 0 aliphatic carbocycles. The first-order valence-corrected chi connectivity index (χ1v) is 12.6. The number of nitrogens with zero attached hydrogens (tertiary/aromatic N) is 1. The molecule has 0 aromatic rings. The number of hydrogen-bond donors (Lipinski definition) is 1. The molecule has 1 aliphatic rings. The van der Waals surface area contributed by atoms with Crippen LogP contribution in [-0.4, -0.2) is 55.5 Å². The van der Waals surface area contributed by atoms with Gasteiger partial charge in [-0.2, -0.15) is 0 Å². The smallest absolute Gasteiger partial charge is 0.325 e. The third-order valence-corrected chi connectivity index (χ3v) is 10.6. The van der Waals surface area contributed by atoms with Gasteiger partial charge in [-0.3, -0.25) is 14.4 Å². The molecule has 154 valence electrons. The molecule has 4 atom stereocenters. The molecule has 1 amide bonds. The van der Waals surface area contributed by atoms with Gasteiger partial charge < -0.3 is 14.1 Å². The maximum absolute atomic E-state index is 12.8. The second-order valence-electron chi connectivity index (χ2n) is 8.66. The van der Waals surface area contributed by atoms with Gasteiger partial charge in [0.15, 0.2) is 13.4 Å². The first kappa shape index (κ1) is 23.9. The van der Waals surface area contributed by atoms with Crippen LogP contribution < -0.4 is 0 Å². The van der Waals surface area contributed by atoms with E-state index in [1.165, 1.54) is 11.0 Å². The Bertz CT molecular complexity index is 601. The summed E-state index contributed by atoms with van der Waals surface area (Å²) >= 11 is 3.94. The Morgan fingerprint density at radius 3 is 2.33 bits per heavy atom. The molecule has 1 rings (SSSR count). The van der Waals surface area contributed by atoms with Gasteiger partial charge in [-0.15, -0.1) is 12.6 Å². The lowest BCUT2D eigenvalue weighted by Crippen LogP contribution is -2.69. The van der Waals surface area contributed by atoms with Gasteiger partial charge in [-0.1, -0.05) is 40.3 Å². The number of carbonyl (C=O) groups excluding carboxylic acids is 3. The van der Waals surface area contributed by atoms with Gasteiger partial charge in [0, 0.05) is 5.92 Å². The van der Waals surface area contributed by atoms with E-state index in [0.29, 0.717) is 0 Å². The number of amides is 1. The predicted molar refractivity (Wildman–Crippen MR) is 111 cm³/mol. The normalized spacial score (nSPS) is 22.7. The lowest BCUT2D eigenvalue weighted by molar-refractivity contribution is -0.174. The third kappa shape index (κ3) is 5.45. The topological polar surface area (TPSA) is 72.9 Å². The second kappa shape index (κ2) is 8.92. The minimum Gasteiger partial charge on any atom is -0.460 e. The zero-order valence-corrected chi connectivity index (χ0v) is 19.3. The molecule has 0 saturated carbocycles. The molecule has 8 heteroatoms. The molecule has 1 saturated heterocycles. The zero-order valence-electron chi connectivity index (χ0n) is 17.4. The van der Waals surface area contributed by atoms with Crippen LogP contribution in [0.3, 0.4) is 0 Å². The largest absolute Gasteiger partial charge is 0.460 e. The molecule has 6 nitrogen and oxygen atoms in total. The van der Waals surface area contributed by atoms with E-state index < -0.39 is 32.2 Å². The molecule has 1 aliphatic heterocycles. The molecule has 0 aromatic carbocycles. The van der Waals surface area contributed by atoms with Gasteiger partial charge in [0.25, 0.3) is 0 Å². The number of β-lactam (4-membered cyclic amide) rings is 1. The quantitative estimate of drug-likeness (QED) is 0.206. The molecule has 0 aromatic heterocycles. The highest BCUT2D eigenvalue weighted by atomic mass is 32.1. The first-order valence-electron chi connectivity index (χ1n) is 9.22. The maximum atomic E-state index is 12.8. The van der Waals surface area contributed by atoms with Gasteiger partial charge in [0.1, 0.15) is 13.2 Å². The Morgan fingerprint density at radius 2 is 1.89 bits per heavy atom. The van der Waals surface area contributed by atoms with Crippen molar-refractivity contribution in [3.05, 3.63) is 12.7 Å². The molecule has 27 heavy (non-hydrogen) atoms. The van der Waals surface area contributed by atoms with Crippen LogP contribution in [0.25, 0.3) is 0 Å². The Balaban J connectivity index is 2.98. The lowest BCUT2D eigenvalue weighted by Gasteiger charge is -2.52. The maximum Gasteiger partial charge on any atom is 0.325 e. The van der Waals surface area contributed by atoms with Crippen molar-refractivity contribution in [1.82, 2.24) is 4.90 Å². The van der Waals surface area contributed by atoms with E-state index in [1.807, 2.05) is 6.92 Å². The van der Waals surface area contributed by atoms with Crippen molar-refractivity contribution in [2.45, 2.75) is 64.9 Å². The van der Waals surface area contributed by atoms with Crippen LogP contribution in [-0.2, 0) is 23.5 Å². The van der Waals surface area contributed by atoms with E-state index in [0.717, 1.165) is 0 Å².